The zero-order valence-corrected chi connectivity index (χ0v) is 18.3. The lowest BCUT2D eigenvalue weighted by molar-refractivity contribution is -0.132. The number of hydrogen-bond acceptors (Lipinski definition) is 4. The number of ether oxygens (including phenoxy) is 1. The van der Waals surface area contributed by atoms with E-state index in [0.29, 0.717) is 31.0 Å². The third kappa shape index (κ3) is 5.95. The van der Waals surface area contributed by atoms with Crippen LogP contribution in [0.4, 0.5) is 0 Å². The molecule has 0 aromatic heterocycles. The van der Waals surface area contributed by atoms with Gasteiger partial charge in [-0.15, -0.1) is 0 Å². The molecule has 5 nitrogen and oxygen atoms in total. The average Bonchev–Trinajstić information content (AvgIpc) is 3.24. The summed E-state index contributed by atoms with van der Waals surface area (Å²) in [4.78, 5) is 17.5. The minimum absolute atomic E-state index is 0.283. The van der Waals surface area contributed by atoms with Crippen LogP contribution in [-0.2, 0) is 9.53 Å². The van der Waals surface area contributed by atoms with Crippen molar-refractivity contribution in [2.24, 2.45) is 17.6 Å². The van der Waals surface area contributed by atoms with Crippen molar-refractivity contribution in [3.8, 4) is 0 Å². The second-order valence-corrected chi connectivity index (χ2v) is 8.79. The highest BCUT2D eigenvalue weighted by Gasteiger charge is 2.35. The topological polar surface area (TPSA) is 58.8 Å². The molecule has 1 amide bonds. The summed E-state index contributed by atoms with van der Waals surface area (Å²) in [5.74, 6) is 2.33. The summed E-state index contributed by atoms with van der Waals surface area (Å²) in [5.41, 5.74) is 6.99. The van der Waals surface area contributed by atoms with Gasteiger partial charge in [-0.25, -0.2) is 0 Å². The molecule has 3 rings (SSSR count). The molecule has 162 valence electrons. The van der Waals surface area contributed by atoms with E-state index in [2.05, 4.69) is 48.0 Å². The third-order valence-corrected chi connectivity index (χ3v) is 6.56. The van der Waals surface area contributed by atoms with Gasteiger partial charge in [-0.05, 0) is 62.6 Å². The fourth-order valence-electron chi connectivity index (χ4n) is 4.73. The number of carbonyl (C=O) groups is 1. The first-order chi connectivity index (χ1) is 14.1. The lowest BCUT2D eigenvalue weighted by Gasteiger charge is -2.27. The van der Waals surface area contributed by atoms with Gasteiger partial charge < -0.3 is 15.4 Å². The predicted octanol–water partition coefficient (Wildman–Crippen LogP) is 3.48. The monoisotopic (exact) mass is 401 g/mol. The SMILES string of the molecule is CCCCN(CCCCN)C(=O)CN1CC(C2C=CC=C3OCCC3=C2)CC1C. The summed E-state index contributed by atoms with van der Waals surface area (Å²) in [6.07, 6.45) is 15.3. The third-order valence-electron chi connectivity index (χ3n) is 6.56. The van der Waals surface area contributed by atoms with Crippen LogP contribution in [0.25, 0.3) is 0 Å². The van der Waals surface area contributed by atoms with Crippen molar-refractivity contribution in [2.75, 3.05) is 39.3 Å². The van der Waals surface area contributed by atoms with E-state index in [9.17, 15) is 4.79 Å². The number of nitrogens with zero attached hydrogens (tertiary/aromatic N) is 2. The van der Waals surface area contributed by atoms with Crippen LogP contribution in [0.3, 0.4) is 0 Å². The minimum atomic E-state index is 0.283. The smallest absolute Gasteiger partial charge is 0.236 e. The molecule has 0 radical (unpaired) electrons. The molecule has 2 heterocycles. The molecule has 0 saturated carbocycles. The highest BCUT2D eigenvalue weighted by atomic mass is 16.5. The Morgan fingerprint density at radius 1 is 1.31 bits per heavy atom. The van der Waals surface area contributed by atoms with Crippen molar-refractivity contribution in [3.63, 3.8) is 0 Å². The summed E-state index contributed by atoms with van der Waals surface area (Å²) < 4.78 is 5.71. The largest absolute Gasteiger partial charge is 0.493 e. The van der Waals surface area contributed by atoms with Crippen molar-refractivity contribution in [1.82, 2.24) is 9.80 Å². The Hall–Kier alpha value is -1.59. The van der Waals surface area contributed by atoms with Gasteiger partial charge in [-0.3, -0.25) is 9.69 Å². The molecule has 1 aliphatic carbocycles. The molecule has 2 aliphatic heterocycles. The molecule has 3 aliphatic rings. The summed E-state index contributed by atoms with van der Waals surface area (Å²) >= 11 is 0. The minimum Gasteiger partial charge on any atom is -0.493 e. The van der Waals surface area contributed by atoms with Crippen molar-refractivity contribution in [3.05, 3.63) is 35.6 Å². The maximum absolute atomic E-state index is 13.0. The van der Waals surface area contributed by atoms with E-state index in [1.54, 1.807) is 0 Å². The molecule has 0 bridgehead atoms. The number of allylic oxidation sites excluding steroid dienone is 5. The molecule has 0 aromatic carbocycles. The molecule has 0 aromatic rings. The first kappa shape index (κ1) is 22.1. The molecule has 2 N–H and O–H groups in total. The molecule has 2 fully saturated rings. The van der Waals surface area contributed by atoms with Crippen LogP contribution in [0.2, 0.25) is 0 Å². The fraction of sp³-hybridized carbons (Fsp3) is 0.708. The van der Waals surface area contributed by atoms with Gasteiger partial charge in [0.25, 0.3) is 0 Å². The average molecular weight is 402 g/mol. The number of rotatable bonds is 10. The summed E-state index contributed by atoms with van der Waals surface area (Å²) in [6, 6.07) is 0.448. The van der Waals surface area contributed by atoms with E-state index in [-0.39, 0.29) is 5.91 Å². The first-order valence-corrected chi connectivity index (χ1v) is 11.6. The van der Waals surface area contributed by atoms with E-state index >= 15 is 0 Å². The first-order valence-electron chi connectivity index (χ1n) is 11.6. The highest BCUT2D eigenvalue weighted by molar-refractivity contribution is 5.78. The normalized spacial score (nSPS) is 26.5. The van der Waals surface area contributed by atoms with Gasteiger partial charge in [0, 0.05) is 32.1 Å². The van der Waals surface area contributed by atoms with Crippen LogP contribution in [-0.4, -0.2) is 61.1 Å². The zero-order valence-electron chi connectivity index (χ0n) is 18.3. The molecular formula is C24H39N3O2. The van der Waals surface area contributed by atoms with Crippen molar-refractivity contribution in [1.29, 1.82) is 0 Å². The number of hydrogen-bond donors (Lipinski definition) is 1. The second-order valence-electron chi connectivity index (χ2n) is 8.79. The number of likely N-dealkylation sites (tertiary alicyclic amines) is 1. The van der Waals surface area contributed by atoms with Gasteiger partial charge >= 0.3 is 0 Å². The van der Waals surface area contributed by atoms with E-state index < -0.39 is 0 Å². The van der Waals surface area contributed by atoms with Crippen molar-refractivity contribution < 1.29 is 9.53 Å². The van der Waals surface area contributed by atoms with Crippen molar-refractivity contribution in [2.45, 2.75) is 58.4 Å². The van der Waals surface area contributed by atoms with Gasteiger partial charge in [0.1, 0.15) is 5.76 Å². The molecule has 5 heteroatoms. The molecule has 0 spiro atoms. The highest BCUT2D eigenvalue weighted by Crippen LogP contribution is 2.35. The number of fused-ring (bicyclic) bond motifs is 1. The molecule has 29 heavy (non-hydrogen) atoms. The van der Waals surface area contributed by atoms with Crippen LogP contribution in [0.5, 0.6) is 0 Å². The van der Waals surface area contributed by atoms with Crippen LogP contribution in [0.15, 0.2) is 35.6 Å². The maximum atomic E-state index is 13.0. The Bertz CT molecular complexity index is 640. The predicted molar refractivity (Wildman–Crippen MR) is 118 cm³/mol. The summed E-state index contributed by atoms with van der Waals surface area (Å²) in [5, 5.41) is 0. The van der Waals surface area contributed by atoms with Crippen LogP contribution < -0.4 is 5.73 Å². The van der Waals surface area contributed by atoms with E-state index in [1.807, 2.05) is 0 Å². The Morgan fingerprint density at radius 3 is 2.93 bits per heavy atom. The van der Waals surface area contributed by atoms with Gasteiger partial charge in [-0.1, -0.05) is 31.6 Å². The Morgan fingerprint density at radius 2 is 2.14 bits per heavy atom. The van der Waals surface area contributed by atoms with Crippen LogP contribution >= 0.6 is 0 Å². The lowest BCUT2D eigenvalue weighted by Crippen LogP contribution is -2.42. The Kier molecular flexibility index (Phi) is 8.37. The fourth-order valence-corrected chi connectivity index (χ4v) is 4.73. The molecule has 2 saturated heterocycles. The summed E-state index contributed by atoms with van der Waals surface area (Å²) in [6.45, 7) is 9.21. The van der Waals surface area contributed by atoms with Gasteiger partial charge in [0.2, 0.25) is 5.91 Å². The van der Waals surface area contributed by atoms with Crippen molar-refractivity contribution >= 4 is 5.91 Å². The summed E-state index contributed by atoms with van der Waals surface area (Å²) in [7, 11) is 0. The molecular weight excluding hydrogens is 362 g/mol. The number of unbranched alkanes of at least 4 members (excludes halogenated alkanes) is 2. The van der Waals surface area contributed by atoms with Gasteiger partial charge in [-0.2, -0.15) is 0 Å². The van der Waals surface area contributed by atoms with Gasteiger partial charge in [0.05, 0.1) is 13.2 Å². The number of nitrogens with two attached hydrogens (primary N) is 1. The van der Waals surface area contributed by atoms with Crippen LogP contribution in [0, 0.1) is 11.8 Å². The van der Waals surface area contributed by atoms with E-state index in [0.717, 1.165) is 70.5 Å². The molecule has 3 unspecified atom stereocenters. The quantitative estimate of drug-likeness (QED) is 0.570. The lowest BCUT2D eigenvalue weighted by atomic mass is 9.88. The van der Waals surface area contributed by atoms with Gasteiger partial charge in [0.15, 0.2) is 0 Å². The number of carbonyl (C=O) groups excluding carboxylic acids is 1. The standard InChI is InChI=1S/C24H39N3O2/c1-3-4-12-26(13-6-5-11-25)24(28)18-27-17-22(15-19(27)2)20-8-7-9-23-21(16-20)10-14-29-23/h7-9,16,19-20,22H,3-6,10-15,17-18,25H2,1-2H3. The zero-order chi connectivity index (χ0) is 20.6. The number of amides is 1. The Labute approximate surface area is 176 Å². The molecule has 3 atom stereocenters. The second kappa shape index (κ2) is 11.0. The van der Waals surface area contributed by atoms with E-state index in [4.69, 9.17) is 10.5 Å². The Balaban J connectivity index is 1.57. The maximum Gasteiger partial charge on any atom is 0.236 e. The van der Waals surface area contributed by atoms with Crippen LogP contribution in [0.1, 0.15) is 52.4 Å². The van der Waals surface area contributed by atoms with E-state index in [1.165, 1.54) is 5.57 Å².